The van der Waals surface area contributed by atoms with Gasteiger partial charge in [0.15, 0.2) is 0 Å². The molecule has 3 heteroatoms. The van der Waals surface area contributed by atoms with Crippen molar-refractivity contribution in [1.82, 2.24) is 5.32 Å². The first-order chi connectivity index (χ1) is 8.79. The number of morpholine rings is 1. The Bertz CT molecular complexity index is 344. The topological polar surface area (TPSA) is 24.5 Å². The molecule has 0 radical (unpaired) electrons. The standard InChI is InChI=1S/C15H24N2O/c1-3-13-4-6-14(7-5-13)17(2)10-8-15-12-16-9-11-18-15/h4-7,15-16H,3,8-12H2,1-2H3. The summed E-state index contributed by atoms with van der Waals surface area (Å²) in [6.07, 6.45) is 2.56. The van der Waals surface area contributed by atoms with E-state index in [-0.39, 0.29) is 0 Å². The van der Waals surface area contributed by atoms with Crippen LogP contribution in [0.15, 0.2) is 24.3 Å². The molecule has 1 heterocycles. The number of aryl methyl sites for hydroxylation is 1. The van der Waals surface area contributed by atoms with Crippen LogP contribution in [0.3, 0.4) is 0 Å². The highest BCUT2D eigenvalue weighted by molar-refractivity contribution is 5.46. The Hall–Kier alpha value is -1.06. The van der Waals surface area contributed by atoms with Crippen molar-refractivity contribution in [2.75, 3.05) is 38.2 Å². The maximum atomic E-state index is 5.71. The fraction of sp³-hybridized carbons (Fsp3) is 0.600. The van der Waals surface area contributed by atoms with Gasteiger partial charge in [-0.2, -0.15) is 0 Å². The molecular formula is C15H24N2O. The monoisotopic (exact) mass is 248 g/mol. The predicted octanol–water partition coefficient (Wildman–Crippen LogP) is 2.06. The summed E-state index contributed by atoms with van der Waals surface area (Å²) in [6, 6.07) is 8.84. The normalized spacial score (nSPS) is 19.8. The lowest BCUT2D eigenvalue weighted by atomic mass is 10.1. The first-order valence-electron chi connectivity index (χ1n) is 6.92. The van der Waals surface area contributed by atoms with Crippen molar-refractivity contribution in [2.45, 2.75) is 25.9 Å². The summed E-state index contributed by atoms with van der Waals surface area (Å²) in [5.41, 5.74) is 2.68. The molecule has 1 aromatic rings. The minimum absolute atomic E-state index is 0.371. The predicted molar refractivity (Wildman–Crippen MR) is 76.3 cm³/mol. The van der Waals surface area contributed by atoms with Crippen LogP contribution in [-0.4, -0.2) is 39.4 Å². The fourth-order valence-corrected chi connectivity index (χ4v) is 2.26. The van der Waals surface area contributed by atoms with E-state index in [2.05, 4.69) is 48.5 Å². The van der Waals surface area contributed by atoms with Gasteiger partial charge in [0, 0.05) is 32.4 Å². The van der Waals surface area contributed by atoms with Gasteiger partial charge in [-0.25, -0.2) is 0 Å². The molecule has 1 N–H and O–H groups in total. The largest absolute Gasteiger partial charge is 0.376 e. The third-order valence-electron chi connectivity index (χ3n) is 3.58. The van der Waals surface area contributed by atoms with Crippen molar-refractivity contribution in [2.24, 2.45) is 0 Å². The molecule has 1 unspecified atom stereocenters. The molecule has 1 fully saturated rings. The highest BCUT2D eigenvalue weighted by atomic mass is 16.5. The second-order valence-electron chi connectivity index (χ2n) is 4.93. The molecule has 0 amide bonds. The van der Waals surface area contributed by atoms with Gasteiger partial charge in [0.05, 0.1) is 12.7 Å². The third-order valence-corrected chi connectivity index (χ3v) is 3.58. The Morgan fingerprint density at radius 2 is 2.11 bits per heavy atom. The van der Waals surface area contributed by atoms with Crippen LogP contribution in [0.25, 0.3) is 0 Å². The van der Waals surface area contributed by atoms with E-state index in [1.165, 1.54) is 11.3 Å². The number of hydrogen-bond donors (Lipinski definition) is 1. The Balaban J connectivity index is 1.80. The molecule has 0 aliphatic carbocycles. The lowest BCUT2D eigenvalue weighted by molar-refractivity contribution is 0.0250. The van der Waals surface area contributed by atoms with Gasteiger partial charge in [-0.15, -0.1) is 0 Å². The quantitative estimate of drug-likeness (QED) is 0.863. The van der Waals surface area contributed by atoms with Crippen molar-refractivity contribution in [3.63, 3.8) is 0 Å². The van der Waals surface area contributed by atoms with Gasteiger partial charge in [-0.1, -0.05) is 19.1 Å². The molecule has 0 bridgehead atoms. The highest BCUT2D eigenvalue weighted by Crippen LogP contribution is 2.15. The first kappa shape index (κ1) is 13.4. The number of anilines is 1. The number of nitrogens with one attached hydrogen (secondary N) is 1. The maximum Gasteiger partial charge on any atom is 0.0716 e. The molecule has 0 saturated carbocycles. The summed E-state index contributed by atoms with van der Waals surface area (Å²) in [7, 11) is 2.15. The molecule has 1 atom stereocenters. The van der Waals surface area contributed by atoms with E-state index < -0.39 is 0 Å². The summed E-state index contributed by atoms with van der Waals surface area (Å²) in [6.45, 7) is 6.05. The van der Waals surface area contributed by atoms with Crippen LogP contribution in [0.5, 0.6) is 0 Å². The zero-order valence-corrected chi connectivity index (χ0v) is 11.5. The molecular weight excluding hydrogens is 224 g/mol. The second kappa shape index (κ2) is 6.76. The second-order valence-corrected chi connectivity index (χ2v) is 4.93. The van der Waals surface area contributed by atoms with E-state index in [9.17, 15) is 0 Å². The molecule has 3 nitrogen and oxygen atoms in total. The summed E-state index contributed by atoms with van der Waals surface area (Å²) in [5.74, 6) is 0. The third kappa shape index (κ3) is 3.72. The van der Waals surface area contributed by atoms with Gasteiger partial charge in [-0.3, -0.25) is 0 Å². The maximum absolute atomic E-state index is 5.71. The minimum Gasteiger partial charge on any atom is -0.376 e. The SMILES string of the molecule is CCc1ccc(N(C)CCC2CNCCO2)cc1. The Morgan fingerprint density at radius 1 is 1.33 bits per heavy atom. The minimum atomic E-state index is 0.371. The number of rotatable bonds is 5. The van der Waals surface area contributed by atoms with Crippen LogP contribution in [0, 0.1) is 0 Å². The number of nitrogens with zero attached hydrogens (tertiary/aromatic N) is 1. The van der Waals surface area contributed by atoms with Crippen molar-refractivity contribution in [3.8, 4) is 0 Å². The van der Waals surface area contributed by atoms with Crippen LogP contribution in [0.4, 0.5) is 5.69 Å². The van der Waals surface area contributed by atoms with Gasteiger partial charge in [0.25, 0.3) is 0 Å². The molecule has 1 aliphatic rings. The molecule has 18 heavy (non-hydrogen) atoms. The van der Waals surface area contributed by atoms with Gasteiger partial charge < -0.3 is 15.0 Å². The van der Waals surface area contributed by atoms with E-state index in [1.54, 1.807) is 0 Å². The molecule has 2 rings (SSSR count). The van der Waals surface area contributed by atoms with Crippen LogP contribution in [0.1, 0.15) is 18.9 Å². The number of ether oxygens (including phenoxy) is 1. The van der Waals surface area contributed by atoms with Gasteiger partial charge in [-0.05, 0) is 30.5 Å². The van der Waals surface area contributed by atoms with Crippen LogP contribution in [0.2, 0.25) is 0 Å². The van der Waals surface area contributed by atoms with Crippen molar-refractivity contribution in [1.29, 1.82) is 0 Å². The summed E-state index contributed by atoms with van der Waals surface area (Å²) < 4.78 is 5.71. The molecule has 0 aromatic heterocycles. The molecule has 1 aliphatic heterocycles. The molecule has 1 saturated heterocycles. The van der Waals surface area contributed by atoms with E-state index in [1.807, 2.05) is 0 Å². The number of benzene rings is 1. The lowest BCUT2D eigenvalue weighted by Gasteiger charge is -2.26. The lowest BCUT2D eigenvalue weighted by Crippen LogP contribution is -2.40. The smallest absolute Gasteiger partial charge is 0.0716 e. The van der Waals surface area contributed by atoms with E-state index in [0.717, 1.165) is 39.1 Å². The van der Waals surface area contributed by atoms with Gasteiger partial charge in [0.2, 0.25) is 0 Å². The van der Waals surface area contributed by atoms with E-state index >= 15 is 0 Å². The summed E-state index contributed by atoms with van der Waals surface area (Å²) >= 11 is 0. The van der Waals surface area contributed by atoms with E-state index in [0.29, 0.717) is 6.10 Å². The Morgan fingerprint density at radius 3 is 2.72 bits per heavy atom. The van der Waals surface area contributed by atoms with Crippen LogP contribution >= 0.6 is 0 Å². The molecule has 0 spiro atoms. The van der Waals surface area contributed by atoms with Gasteiger partial charge >= 0.3 is 0 Å². The van der Waals surface area contributed by atoms with Crippen molar-refractivity contribution < 1.29 is 4.74 Å². The highest BCUT2D eigenvalue weighted by Gasteiger charge is 2.13. The van der Waals surface area contributed by atoms with Crippen molar-refractivity contribution in [3.05, 3.63) is 29.8 Å². The van der Waals surface area contributed by atoms with Crippen LogP contribution in [-0.2, 0) is 11.2 Å². The first-order valence-corrected chi connectivity index (χ1v) is 6.92. The molecule has 100 valence electrons. The van der Waals surface area contributed by atoms with Crippen LogP contribution < -0.4 is 10.2 Å². The van der Waals surface area contributed by atoms with Crippen molar-refractivity contribution >= 4 is 5.69 Å². The Kier molecular flexibility index (Phi) is 5.02. The number of hydrogen-bond acceptors (Lipinski definition) is 3. The summed E-state index contributed by atoms with van der Waals surface area (Å²) in [4.78, 5) is 2.30. The zero-order chi connectivity index (χ0) is 12.8. The van der Waals surface area contributed by atoms with E-state index in [4.69, 9.17) is 4.74 Å². The fourth-order valence-electron chi connectivity index (χ4n) is 2.26. The molecule has 1 aromatic carbocycles. The van der Waals surface area contributed by atoms with Gasteiger partial charge in [0.1, 0.15) is 0 Å². The zero-order valence-electron chi connectivity index (χ0n) is 11.5. The average molecular weight is 248 g/mol. The summed E-state index contributed by atoms with van der Waals surface area (Å²) in [5, 5.41) is 3.37. The Labute approximate surface area is 110 Å². The average Bonchev–Trinajstić information content (AvgIpc) is 2.46.